The molecule has 1 atom stereocenters. The molecule has 3 heteroatoms. The summed E-state index contributed by atoms with van der Waals surface area (Å²) in [5, 5.41) is 10.2. The summed E-state index contributed by atoms with van der Waals surface area (Å²) in [5.74, 6) is 1.36. The first-order chi connectivity index (χ1) is 7.13. The fraction of sp³-hybridized carbons (Fsp3) is 0.500. The average Bonchev–Trinajstić information content (AvgIpc) is 2.99. The van der Waals surface area contributed by atoms with Gasteiger partial charge in [-0.2, -0.15) is 0 Å². The molecule has 1 aromatic rings. The van der Waals surface area contributed by atoms with Crippen molar-refractivity contribution in [3.8, 4) is 5.75 Å². The second kappa shape index (κ2) is 4.03. The van der Waals surface area contributed by atoms with E-state index in [-0.39, 0.29) is 0 Å². The molecule has 0 aromatic heterocycles. The lowest BCUT2D eigenvalue weighted by molar-refractivity contribution is 0.199. The highest BCUT2D eigenvalue weighted by Crippen LogP contribution is 2.48. The van der Waals surface area contributed by atoms with E-state index in [0.29, 0.717) is 10.9 Å². The number of benzene rings is 1. The van der Waals surface area contributed by atoms with Crippen LogP contribution in [0.1, 0.15) is 42.9 Å². The Hall–Kier alpha value is -0.730. The third-order valence-corrected chi connectivity index (χ3v) is 3.11. The van der Waals surface area contributed by atoms with Crippen molar-refractivity contribution in [1.29, 1.82) is 0 Å². The average molecular weight is 227 g/mol. The Labute approximate surface area is 94.8 Å². The van der Waals surface area contributed by atoms with Gasteiger partial charge in [0.25, 0.3) is 0 Å². The van der Waals surface area contributed by atoms with Gasteiger partial charge in [0.15, 0.2) is 0 Å². The molecule has 2 rings (SSSR count). The van der Waals surface area contributed by atoms with Gasteiger partial charge in [0.2, 0.25) is 0 Å². The predicted octanol–water partition coefficient (Wildman–Crippen LogP) is 3.28. The Morgan fingerprint density at radius 1 is 1.47 bits per heavy atom. The normalized spacial score (nSPS) is 17.6. The first kappa shape index (κ1) is 10.8. The molecule has 0 heterocycles. The molecule has 0 aliphatic heterocycles. The van der Waals surface area contributed by atoms with E-state index in [2.05, 4.69) is 0 Å². The number of ether oxygens (including phenoxy) is 1. The fourth-order valence-corrected chi connectivity index (χ4v) is 2.16. The number of hydrogen-bond acceptors (Lipinski definition) is 2. The minimum absolute atomic E-state index is 0.510. The van der Waals surface area contributed by atoms with Gasteiger partial charge in [-0.05, 0) is 43.4 Å². The Morgan fingerprint density at radius 3 is 2.60 bits per heavy atom. The van der Waals surface area contributed by atoms with E-state index in [1.807, 2.05) is 12.1 Å². The van der Waals surface area contributed by atoms with Crippen LogP contribution in [0.5, 0.6) is 5.75 Å². The zero-order chi connectivity index (χ0) is 11.0. The van der Waals surface area contributed by atoms with Gasteiger partial charge in [-0.15, -0.1) is 0 Å². The highest BCUT2D eigenvalue weighted by atomic mass is 35.5. The first-order valence-electron chi connectivity index (χ1n) is 5.19. The molecule has 82 valence electrons. The fourth-order valence-electron chi connectivity index (χ4n) is 1.79. The zero-order valence-electron chi connectivity index (χ0n) is 8.96. The number of rotatable bonds is 3. The van der Waals surface area contributed by atoms with E-state index in [1.165, 1.54) is 12.8 Å². The van der Waals surface area contributed by atoms with Crippen molar-refractivity contribution in [1.82, 2.24) is 0 Å². The predicted molar refractivity (Wildman–Crippen MR) is 60.6 cm³/mol. The maximum absolute atomic E-state index is 9.50. The lowest BCUT2D eigenvalue weighted by Gasteiger charge is -2.13. The molecule has 0 radical (unpaired) electrons. The van der Waals surface area contributed by atoms with Gasteiger partial charge in [0, 0.05) is 10.6 Å². The molecule has 1 saturated carbocycles. The van der Waals surface area contributed by atoms with Crippen LogP contribution in [0, 0.1) is 0 Å². The van der Waals surface area contributed by atoms with Crippen LogP contribution < -0.4 is 4.74 Å². The van der Waals surface area contributed by atoms with Crippen LogP contribution in [0.4, 0.5) is 0 Å². The molecule has 0 spiro atoms. The Balaban J connectivity index is 2.46. The van der Waals surface area contributed by atoms with Gasteiger partial charge >= 0.3 is 0 Å². The van der Waals surface area contributed by atoms with Crippen LogP contribution in [0.2, 0.25) is 5.02 Å². The van der Waals surface area contributed by atoms with Gasteiger partial charge in [-0.25, -0.2) is 0 Å². The smallest absolute Gasteiger partial charge is 0.124 e. The Kier molecular flexibility index (Phi) is 2.89. The molecule has 1 aliphatic rings. The van der Waals surface area contributed by atoms with E-state index in [0.717, 1.165) is 16.9 Å². The summed E-state index contributed by atoms with van der Waals surface area (Å²) in [6.45, 7) is 1.72. The molecule has 2 nitrogen and oxygen atoms in total. The van der Waals surface area contributed by atoms with Gasteiger partial charge in [-0.1, -0.05) is 11.6 Å². The lowest BCUT2D eigenvalue weighted by atomic mass is 10.0. The molecule has 0 amide bonds. The summed E-state index contributed by atoms with van der Waals surface area (Å²) in [5.41, 5.74) is 1.91. The molecular weight excluding hydrogens is 212 g/mol. The van der Waals surface area contributed by atoms with Crippen molar-refractivity contribution in [2.75, 3.05) is 7.11 Å². The second-order valence-corrected chi connectivity index (χ2v) is 4.48. The van der Waals surface area contributed by atoms with Gasteiger partial charge < -0.3 is 9.84 Å². The van der Waals surface area contributed by atoms with Crippen molar-refractivity contribution in [2.24, 2.45) is 0 Å². The van der Waals surface area contributed by atoms with Crippen LogP contribution >= 0.6 is 11.6 Å². The minimum Gasteiger partial charge on any atom is -0.496 e. The molecule has 1 unspecified atom stereocenters. The quantitative estimate of drug-likeness (QED) is 0.857. The molecule has 1 fully saturated rings. The molecular formula is C12H15ClO2. The highest BCUT2D eigenvalue weighted by molar-refractivity contribution is 6.31. The molecule has 0 bridgehead atoms. The lowest BCUT2D eigenvalue weighted by Crippen LogP contribution is -1.97. The van der Waals surface area contributed by atoms with E-state index in [9.17, 15) is 5.11 Å². The summed E-state index contributed by atoms with van der Waals surface area (Å²) in [7, 11) is 1.64. The van der Waals surface area contributed by atoms with E-state index < -0.39 is 6.10 Å². The minimum atomic E-state index is -0.510. The number of aliphatic hydroxyl groups is 1. The van der Waals surface area contributed by atoms with E-state index in [4.69, 9.17) is 16.3 Å². The molecule has 1 aromatic carbocycles. The molecule has 0 saturated heterocycles. The van der Waals surface area contributed by atoms with Crippen molar-refractivity contribution < 1.29 is 9.84 Å². The third kappa shape index (κ3) is 2.11. The zero-order valence-corrected chi connectivity index (χ0v) is 9.71. The van der Waals surface area contributed by atoms with Crippen molar-refractivity contribution in [2.45, 2.75) is 31.8 Å². The Morgan fingerprint density at radius 2 is 2.13 bits per heavy atom. The summed E-state index contributed by atoms with van der Waals surface area (Å²) < 4.78 is 5.32. The summed E-state index contributed by atoms with van der Waals surface area (Å²) in [6.07, 6.45) is 1.86. The number of aliphatic hydroxyl groups excluding tert-OH is 1. The SMILES string of the molecule is COc1cc(C(C)O)cc(Cl)c1C1CC1. The van der Waals surface area contributed by atoms with Gasteiger partial charge in [0.1, 0.15) is 5.75 Å². The van der Waals surface area contributed by atoms with Gasteiger partial charge in [-0.3, -0.25) is 0 Å². The largest absolute Gasteiger partial charge is 0.496 e. The first-order valence-corrected chi connectivity index (χ1v) is 5.56. The van der Waals surface area contributed by atoms with Crippen LogP contribution in [-0.2, 0) is 0 Å². The summed E-state index contributed by atoms with van der Waals surface area (Å²) in [6, 6.07) is 3.71. The monoisotopic (exact) mass is 226 g/mol. The standard InChI is InChI=1S/C12H15ClO2/c1-7(14)9-5-10(13)12(8-3-4-8)11(6-9)15-2/h5-8,14H,3-4H2,1-2H3. The molecule has 1 aliphatic carbocycles. The van der Waals surface area contributed by atoms with Crippen LogP contribution in [0.15, 0.2) is 12.1 Å². The second-order valence-electron chi connectivity index (χ2n) is 4.07. The van der Waals surface area contributed by atoms with Crippen molar-refractivity contribution in [3.05, 3.63) is 28.3 Å². The topological polar surface area (TPSA) is 29.5 Å². The van der Waals surface area contributed by atoms with Crippen LogP contribution in [0.25, 0.3) is 0 Å². The maximum Gasteiger partial charge on any atom is 0.124 e. The van der Waals surface area contributed by atoms with Crippen LogP contribution in [-0.4, -0.2) is 12.2 Å². The van der Waals surface area contributed by atoms with E-state index in [1.54, 1.807) is 14.0 Å². The third-order valence-electron chi connectivity index (χ3n) is 2.80. The molecule has 15 heavy (non-hydrogen) atoms. The number of methoxy groups -OCH3 is 1. The number of halogens is 1. The van der Waals surface area contributed by atoms with Crippen molar-refractivity contribution in [3.63, 3.8) is 0 Å². The highest BCUT2D eigenvalue weighted by Gasteiger charge is 2.29. The summed E-state index contributed by atoms with van der Waals surface area (Å²) in [4.78, 5) is 0. The maximum atomic E-state index is 9.50. The van der Waals surface area contributed by atoms with Crippen molar-refractivity contribution >= 4 is 11.6 Å². The Bertz CT molecular complexity index is 370. The van der Waals surface area contributed by atoms with E-state index >= 15 is 0 Å². The summed E-state index contributed by atoms with van der Waals surface area (Å²) >= 11 is 6.20. The number of hydrogen-bond donors (Lipinski definition) is 1. The van der Waals surface area contributed by atoms with Gasteiger partial charge in [0.05, 0.1) is 13.2 Å². The van der Waals surface area contributed by atoms with Crippen LogP contribution in [0.3, 0.4) is 0 Å². The molecule has 1 N–H and O–H groups in total.